The molecule has 688 valence electrons. The second-order valence-corrected chi connectivity index (χ2v) is 38.7. The monoisotopic (exact) mass is 1750 g/mol. The number of hydroxylamine groups is 4. The van der Waals surface area contributed by atoms with Gasteiger partial charge in [0, 0.05) is 156 Å². The molecule has 23 heteroatoms. The fraction of sp³-hybridized carbons (Fsp3) is 0.505. The highest BCUT2D eigenvalue weighted by Gasteiger charge is 2.60. The summed E-state index contributed by atoms with van der Waals surface area (Å²) in [5.74, 6) is 1.26. The van der Waals surface area contributed by atoms with Crippen LogP contribution in [-0.4, -0.2) is 230 Å². The highest BCUT2D eigenvalue weighted by molar-refractivity contribution is 5.98. The van der Waals surface area contributed by atoms with Crippen LogP contribution >= 0.6 is 0 Å². The Morgan fingerprint density at radius 3 is 1.33 bits per heavy atom. The number of aromatic carboxylic acids is 1. The molecule has 6 aliphatic carbocycles. The highest BCUT2D eigenvalue weighted by atomic mass is 16.7. The number of carbonyl (C=O) groups is 4. The molecule has 10 aliphatic rings. The van der Waals surface area contributed by atoms with Gasteiger partial charge < -0.3 is 65.7 Å². The molecule has 10 fully saturated rings. The van der Waals surface area contributed by atoms with Crippen molar-refractivity contribution in [3.63, 3.8) is 0 Å². The summed E-state index contributed by atoms with van der Waals surface area (Å²) in [6, 6.07) is 64.0. The molecule has 6 saturated carbocycles. The Morgan fingerprint density at radius 1 is 0.516 bits per heavy atom. The molecule has 4 saturated heterocycles. The Morgan fingerprint density at radius 2 is 0.930 bits per heavy atom. The molecule has 3 amide bonds. The van der Waals surface area contributed by atoms with E-state index < -0.39 is 54.3 Å². The molecule has 18 atom stereocenters. The maximum atomic E-state index is 14.9. The van der Waals surface area contributed by atoms with E-state index in [0.717, 1.165) is 99.6 Å². The smallest absolute Gasteiger partial charge is 0.335 e. The summed E-state index contributed by atoms with van der Waals surface area (Å²) in [7, 11) is 10.8. The van der Waals surface area contributed by atoms with Gasteiger partial charge in [-0.05, 0) is 168 Å². The SMILES string of the molecule is C.COc1c(CN2O[C@@H](CO)[C@@H]([C@H](C)O)[C@H]2C(=O)N[C@H]2C[C@H]3C[C@@H]([C@@H]2C)C3(C)C)cccc1-c1cc(C(=O)N2CCN(Cc3ccccc3)C[C@@H]2Cc2ccccc2)cc(N(C)C)c1.COc1c(CN2O[C@@H](CO)[C@@H]([C@H](C)O)[C@H]2C(=O)N[C@H]2C[C@H]3C[C@@H]([C@@H]2C)C3(C)C)cccc1-c1cc(C(=O)O)cc(N(C)C)c1.c1ccc(C[C@H]2CN(Cc3ccccc3)CCN2)cc1. The quantitative estimate of drug-likeness (QED) is 0.0226. The number of para-hydroxylation sites is 2. The van der Waals surface area contributed by atoms with Crippen molar-refractivity contribution in [1.29, 1.82) is 0 Å². The number of hydrogen-bond donors (Lipinski definition) is 8. The first kappa shape index (κ1) is 96.0. The fourth-order valence-electron chi connectivity index (χ4n) is 22.3. The molecular formula is C105H140N10O13. The van der Waals surface area contributed by atoms with Crippen LogP contribution in [-0.2, 0) is 58.3 Å². The van der Waals surface area contributed by atoms with Gasteiger partial charge in [-0.2, -0.15) is 10.1 Å². The molecule has 4 heterocycles. The number of benzene rings is 8. The van der Waals surface area contributed by atoms with Crippen LogP contribution in [0.4, 0.5) is 11.4 Å². The van der Waals surface area contributed by atoms with Gasteiger partial charge in [-0.1, -0.05) is 207 Å². The first-order valence-corrected chi connectivity index (χ1v) is 45.9. The van der Waals surface area contributed by atoms with E-state index in [4.69, 9.17) is 19.1 Å². The second-order valence-electron chi connectivity index (χ2n) is 38.7. The number of amides is 3. The Balaban J connectivity index is 0.000000185. The number of carboxylic acid groups (broad SMARTS) is 1. The van der Waals surface area contributed by atoms with Crippen LogP contribution in [0.15, 0.2) is 194 Å². The number of aliphatic hydroxyl groups is 4. The van der Waals surface area contributed by atoms with Crippen molar-refractivity contribution < 1.29 is 63.9 Å². The predicted molar refractivity (Wildman–Crippen MR) is 505 cm³/mol. The molecule has 128 heavy (non-hydrogen) atoms. The maximum Gasteiger partial charge on any atom is 0.335 e. The van der Waals surface area contributed by atoms with Crippen molar-refractivity contribution in [3.05, 3.63) is 239 Å². The number of fused-ring (bicyclic) bond motifs is 4. The van der Waals surface area contributed by atoms with Crippen LogP contribution in [0.25, 0.3) is 22.3 Å². The van der Waals surface area contributed by atoms with E-state index in [9.17, 15) is 44.7 Å². The number of nitrogens with zero attached hydrogens (tertiary/aromatic N) is 7. The van der Waals surface area contributed by atoms with E-state index in [-0.39, 0.29) is 86.0 Å². The summed E-state index contributed by atoms with van der Waals surface area (Å²) < 4.78 is 12.1. The van der Waals surface area contributed by atoms with Gasteiger partial charge >= 0.3 is 5.97 Å². The average Bonchev–Trinajstić information content (AvgIpc) is 0.843. The number of hydrogen-bond acceptors (Lipinski definition) is 19. The number of nitrogens with one attached hydrogen (secondary N) is 3. The molecule has 0 unspecified atom stereocenters. The third-order valence-electron chi connectivity index (χ3n) is 29.7. The van der Waals surface area contributed by atoms with E-state index in [2.05, 4.69) is 187 Å². The number of anilines is 2. The minimum absolute atomic E-state index is 0. The van der Waals surface area contributed by atoms with Gasteiger partial charge in [0.15, 0.2) is 0 Å². The minimum Gasteiger partial charge on any atom is -0.496 e. The zero-order valence-corrected chi connectivity index (χ0v) is 76.7. The summed E-state index contributed by atoms with van der Waals surface area (Å²) in [6.07, 6.45) is 2.79. The van der Waals surface area contributed by atoms with E-state index in [1.54, 1.807) is 50.3 Å². The second kappa shape index (κ2) is 42.1. The Hall–Kier alpha value is -9.60. The predicted octanol–water partition coefficient (Wildman–Crippen LogP) is 13.8. The summed E-state index contributed by atoms with van der Waals surface area (Å²) in [5.41, 5.74) is 12.7. The van der Waals surface area contributed by atoms with Gasteiger partial charge in [-0.25, -0.2) is 4.79 Å². The number of aliphatic hydroxyl groups excluding tert-OH is 4. The van der Waals surface area contributed by atoms with Crippen LogP contribution in [0, 0.1) is 58.2 Å². The van der Waals surface area contributed by atoms with Crippen molar-refractivity contribution in [3.8, 4) is 33.8 Å². The first-order chi connectivity index (χ1) is 60.9. The van der Waals surface area contributed by atoms with Gasteiger partial charge in [-0.15, -0.1) is 0 Å². The number of carboxylic acids is 1. The molecule has 0 aromatic heterocycles. The molecule has 8 aromatic rings. The van der Waals surface area contributed by atoms with Crippen molar-refractivity contribution in [2.75, 3.05) is 105 Å². The Kier molecular flexibility index (Phi) is 31.6. The van der Waals surface area contributed by atoms with Crippen molar-refractivity contribution in [2.24, 2.45) is 58.2 Å². The molecule has 8 N–H and O–H groups in total. The zero-order valence-electron chi connectivity index (χ0n) is 76.7. The summed E-state index contributed by atoms with van der Waals surface area (Å²) in [5, 5.41) is 65.8. The lowest BCUT2D eigenvalue weighted by molar-refractivity contribution is -0.183. The van der Waals surface area contributed by atoms with E-state index in [0.29, 0.717) is 81.8 Å². The van der Waals surface area contributed by atoms with Gasteiger partial charge in [-0.3, -0.25) is 33.9 Å². The van der Waals surface area contributed by atoms with Gasteiger partial charge in [0.2, 0.25) is 11.8 Å². The summed E-state index contributed by atoms with van der Waals surface area (Å²) in [4.78, 5) is 78.7. The zero-order chi connectivity index (χ0) is 90.3. The van der Waals surface area contributed by atoms with Crippen molar-refractivity contribution >= 4 is 35.1 Å². The largest absolute Gasteiger partial charge is 0.496 e. The van der Waals surface area contributed by atoms with Crippen molar-refractivity contribution in [1.82, 2.24) is 40.8 Å². The fourth-order valence-corrected chi connectivity index (χ4v) is 22.3. The minimum atomic E-state index is -1.03. The lowest BCUT2D eigenvalue weighted by atomic mass is 9.45. The molecule has 18 rings (SSSR count). The van der Waals surface area contributed by atoms with Gasteiger partial charge in [0.1, 0.15) is 35.8 Å². The normalized spacial score (nSPS) is 26.8. The average molecular weight is 1750 g/mol. The molecule has 23 nitrogen and oxygen atoms in total. The summed E-state index contributed by atoms with van der Waals surface area (Å²) in [6.45, 7) is 24.1. The molecule has 4 aliphatic heterocycles. The number of rotatable bonds is 28. The molecule has 4 bridgehead atoms. The lowest BCUT2D eigenvalue weighted by Crippen LogP contribution is -2.62. The maximum absolute atomic E-state index is 14.9. The van der Waals surface area contributed by atoms with Crippen LogP contribution in [0.3, 0.4) is 0 Å². The van der Waals surface area contributed by atoms with E-state index in [1.165, 1.54) is 35.1 Å². The number of piperazine rings is 2. The molecular weight excluding hydrogens is 1610 g/mol. The number of methoxy groups -OCH3 is 2. The molecule has 0 radical (unpaired) electrons. The van der Waals surface area contributed by atoms with Gasteiger partial charge in [0.25, 0.3) is 5.91 Å². The topological polar surface area (TPSA) is 265 Å². The van der Waals surface area contributed by atoms with Crippen LogP contribution in [0.2, 0.25) is 0 Å². The van der Waals surface area contributed by atoms with Crippen LogP contribution < -0.4 is 35.2 Å². The van der Waals surface area contributed by atoms with E-state index >= 15 is 0 Å². The van der Waals surface area contributed by atoms with E-state index in [1.807, 2.05) is 105 Å². The Labute approximate surface area is 759 Å². The number of ether oxygens (including phenoxy) is 2. The third-order valence-corrected chi connectivity index (χ3v) is 29.7. The Bertz CT molecular complexity index is 4980. The van der Waals surface area contributed by atoms with Crippen LogP contribution in [0.1, 0.15) is 143 Å². The number of carbonyl (C=O) groups excluding carboxylic acids is 3. The lowest BCUT2D eigenvalue weighted by Gasteiger charge is -2.62. The third kappa shape index (κ3) is 21.4. The van der Waals surface area contributed by atoms with Crippen LogP contribution in [0.5, 0.6) is 11.5 Å². The van der Waals surface area contributed by atoms with Gasteiger partial charge in [0.05, 0.1) is 58.3 Å². The standard InChI is InChI=1S/C52H67N5O6.C34H47N3O7.C18H22N2.CH4/c1-33-44-27-40(52(44,3)4)28-45(33)53-50(60)48-47(34(2)59)46(32-58)63-57(48)30-37-19-14-20-43(49(37)62-7)38-24-39(26-41(25-38)54(5)6)51(61)56-22-21-55(29-36-17-12-9-13-18-36)31-42(56)23-35-15-10-8-11-16-35;1-18-26-14-23(34(26,3)4)15-27(18)35-32(40)30-29(19(2)39)28(17-38)44-37(30)16-20-9-8-10-25(31(20)43-7)21-11-22(33(41)42)13-24(12-21)36(5)6;1-3-7-16(8-4-1)13-18-15-20(12-11-19-18)14-17-9-5-2-6-10-17;/h8-20,24-26,33-34,40,42,44-48,58-59H,21-23,27-32H2,1-7H3,(H,53,60);8-13,18-19,23,26-30,38-39H,14-17H2,1-7H3,(H,35,40)(H,41,42);1-10,18-19H,11-15H2;1H4/t33-,34-,40+,42-,44-,45-,46-,47+,48-;18-,19-,23+,26-,27-,28-,29+,30-;18-;/m000./s1. The first-order valence-electron chi connectivity index (χ1n) is 45.9. The van der Waals surface area contributed by atoms with Crippen molar-refractivity contribution in [2.45, 2.75) is 188 Å². The highest BCUT2D eigenvalue weighted by Crippen LogP contribution is 2.62. The molecule has 8 aromatic carbocycles. The molecule has 0 spiro atoms. The summed E-state index contributed by atoms with van der Waals surface area (Å²) >= 11 is 0.